The van der Waals surface area contributed by atoms with Crippen LogP contribution in [0.1, 0.15) is 60.5 Å². The van der Waals surface area contributed by atoms with Gasteiger partial charge in [0, 0.05) is 18.9 Å². The van der Waals surface area contributed by atoms with Gasteiger partial charge >= 0.3 is 0 Å². The number of aliphatic imine (C=N–C) groups is 1. The van der Waals surface area contributed by atoms with Crippen LogP contribution in [-0.4, -0.2) is 54.6 Å². The lowest BCUT2D eigenvalue weighted by Crippen LogP contribution is -2.40. The third-order valence-electron chi connectivity index (χ3n) is 7.80. The first-order valence-corrected chi connectivity index (χ1v) is 13.8. The molecule has 3 atom stereocenters. The number of amides is 2. The Hall–Kier alpha value is -4.05. The summed E-state index contributed by atoms with van der Waals surface area (Å²) in [6.07, 6.45) is 4.83. The Morgan fingerprint density at radius 3 is 2.52 bits per heavy atom. The highest BCUT2D eigenvalue weighted by molar-refractivity contribution is 6.09. The van der Waals surface area contributed by atoms with E-state index in [0.717, 1.165) is 48.2 Å². The summed E-state index contributed by atoms with van der Waals surface area (Å²) >= 11 is 0. The van der Waals surface area contributed by atoms with Gasteiger partial charge in [-0.2, -0.15) is 0 Å². The SMILES string of the molecule is CCC1C(ON2CC(=O)N(Cc3ccccc3)c3ccc(CCCCCN=C(N)N)cc3C2=O)C1(C=O)CC=O. The van der Waals surface area contributed by atoms with Crippen LogP contribution in [0.25, 0.3) is 0 Å². The molecule has 1 aliphatic carbocycles. The van der Waals surface area contributed by atoms with Crippen LogP contribution in [0.2, 0.25) is 0 Å². The quantitative estimate of drug-likeness (QED) is 0.160. The molecule has 4 N–H and O–H groups in total. The molecule has 4 rings (SSSR count). The molecule has 2 amide bonds. The molecular formula is C30H37N5O5. The van der Waals surface area contributed by atoms with Crippen LogP contribution in [0.4, 0.5) is 5.69 Å². The summed E-state index contributed by atoms with van der Waals surface area (Å²) in [6.45, 7) is 2.47. The Bertz CT molecular complexity index is 1260. The molecule has 40 heavy (non-hydrogen) atoms. The van der Waals surface area contributed by atoms with E-state index < -0.39 is 17.4 Å². The fourth-order valence-electron chi connectivity index (χ4n) is 5.56. The molecule has 0 aromatic heterocycles. The van der Waals surface area contributed by atoms with E-state index >= 15 is 0 Å². The minimum absolute atomic E-state index is 0.0136. The summed E-state index contributed by atoms with van der Waals surface area (Å²) in [4.78, 5) is 62.4. The summed E-state index contributed by atoms with van der Waals surface area (Å²) in [7, 11) is 0. The van der Waals surface area contributed by atoms with Crippen LogP contribution < -0.4 is 16.4 Å². The van der Waals surface area contributed by atoms with Gasteiger partial charge in [-0.25, -0.2) is 5.06 Å². The van der Waals surface area contributed by atoms with E-state index in [1.807, 2.05) is 55.5 Å². The number of fused-ring (bicyclic) bond motifs is 1. The molecule has 1 fully saturated rings. The number of anilines is 1. The predicted octanol–water partition coefficient (Wildman–Crippen LogP) is 2.78. The van der Waals surface area contributed by atoms with Crippen molar-refractivity contribution < 1.29 is 24.0 Å². The molecular weight excluding hydrogens is 510 g/mol. The number of hydrogen-bond acceptors (Lipinski definition) is 6. The minimum Gasteiger partial charge on any atom is -0.370 e. The third-order valence-corrected chi connectivity index (χ3v) is 7.80. The summed E-state index contributed by atoms with van der Waals surface area (Å²) in [6, 6.07) is 15.2. The van der Waals surface area contributed by atoms with Crippen molar-refractivity contribution in [3.05, 3.63) is 65.2 Å². The Labute approximate surface area is 234 Å². The monoisotopic (exact) mass is 547 g/mol. The van der Waals surface area contributed by atoms with Crippen LogP contribution in [0.3, 0.4) is 0 Å². The Balaban J connectivity index is 1.59. The second kappa shape index (κ2) is 12.9. The van der Waals surface area contributed by atoms with Gasteiger partial charge in [0.05, 0.1) is 23.2 Å². The lowest BCUT2D eigenvalue weighted by molar-refractivity contribution is -0.157. The summed E-state index contributed by atoms with van der Waals surface area (Å²) in [5.41, 5.74) is 12.5. The minimum atomic E-state index is -0.973. The Kier molecular flexibility index (Phi) is 9.31. The molecule has 10 heteroatoms. The van der Waals surface area contributed by atoms with Crippen molar-refractivity contribution in [3.63, 3.8) is 0 Å². The highest BCUT2D eigenvalue weighted by Gasteiger charge is 2.66. The fraction of sp³-hybridized carbons (Fsp3) is 0.433. The second-order valence-corrected chi connectivity index (χ2v) is 10.4. The Morgan fingerprint density at radius 1 is 1.07 bits per heavy atom. The maximum absolute atomic E-state index is 13.9. The van der Waals surface area contributed by atoms with Crippen LogP contribution in [-0.2, 0) is 32.2 Å². The third kappa shape index (κ3) is 6.22. The number of rotatable bonds is 14. The smallest absolute Gasteiger partial charge is 0.280 e. The Morgan fingerprint density at radius 2 is 1.85 bits per heavy atom. The molecule has 2 aliphatic rings. The molecule has 3 unspecified atom stereocenters. The van der Waals surface area contributed by atoms with Gasteiger partial charge in [0.15, 0.2) is 5.96 Å². The van der Waals surface area contributed by atoms with Crippen molar-refractivity contribution in [1.82, 2.24) is 5.06 Å². The number of hydroxylamine groups is 2. The lowest BCUT2D eigenvalue weighted by atomic mass is 10.0. The molecule has 0 spiro atoms. The molecule has 0 saturated heterocycles. The highest BCUT2D eigenvalue weighted by atomic mass is 16.7. The molecule has 2 aromatic carbocycles. The van der Waals surface area contributed by atoms with Gasteiger partial charge in [-0.1, -0.05) is 49.7 Å². The van der Waals surface area contributed by atoms with E-state index in [1.54, 1.807) is 4.90 Å². The molecule has 0 bridgehead atoms. The van der Waals surface area contributed by atoms with E-state index in [-0.39, 0.29) is 30.8 Å². The number of guanidine groups is 1. The first-order chi connectivity index (χ1) is 19.3. The lowest BCUT2D eigenvalue weighted by Gasteiger charge is -2.23. The number of aryl methyl sites for hydroxylation is 1. The van der Waals surface area contributed by atoms with E-state index in [9.17, 15) is 19.2 Å². The average Bonchev–Trinajstić information content (AvgIpc) is 3.59. The van der Waals surface area contributed by atoms with Crippen molar-refractivity contribution >= 4 is 36.0 Å². The van der Waals surface area contributed by atoms with Crippen LogP contribution >= 0.6 is 0 Å². The molecule has 1 saturated carbocycles. The van der Waals surface area contributed by atoms with Gasteiger partial charge < -0.3 is 26.0 Å². The molecule has 212 valence electrons. The van der Waals surface area contributed by atoms with Gasteiger partial charge in [0.2, 0.25) is 5.91 Å². The first-order valence-electron chi connectivity index (χ1n) is 13.8. The second-order valence-electron chi connectivity index (χ2n) is 10.4. The predicted molar refractivity (Wildman–Crippen MR) is 151 cm³/mol. The topological polar surface area (TPSA) is 148 Å². The van der Waals surface area contributed by atoms with Gasteiger partial charge in [-0.3, -0.25) is 19.4 Å². The van der Waals surface area contributed by atoms with Crippen molar-refractivity contribution in [2.45, 2.75) is 58.1 Å². The van der Waals surface area contributed by atoms with Crippen molar-refractivity contribution in [1.29, 1.82) is 0 Å². The van der Waals surface area contributed by atoms with Crippen LogP contribution in [0.15, 0.2) is 53.5 Å². The van der Waals surface area contributed by atoms with Crippen LogP contribution in [0, 0.1) is 11.3 Å². The van der Waals surface area contributed by atoms with Gasteiger partial charge in [-0.05, 0) is 48.9 Å². The summed E-state index contributed by atoms with van der Waals surface area (Å²) in [5.74, 6) is -0.865. The maximum Gasteiger partial charge on any atom is 0.280 e. The van der Waals surface area contributed by atoms with Crippen LogP contribution in [0.5, 0.6) is 0 Å². The van der Waals surface area contributed by atoms with Crippen molar-refractivity contribution in [2.24, 2.45) is 27.8 Å². The largest absolute Gasteiger partial charge is 0.370 e. The van der Waals surface area contributed by atoms with E-state index in [0.29, 0.717) is 37.0 Å². The first kappa shape index (κ1) is 28.9. The van der Waals surface area contributed by atoms with Gasteiger partial charge in [0.1, 0.15) is 25.2 Å². The zero-order valence-corrected chi connectivity index (χ0v) is 22.8. The number of unbranched alkanes of at least 4 members (excludes halogenated alkanes) is 2. The normalized spacial score (nSPS) is 21.9. The van der Waals surface area contributed by atoms with Crippen molar-refractivity contribution in [2.75, 3.05) is 18.0 Å². The maximum atomic E-state index is 13.9. The number of aldehydes is 2. The number of carbonyl (C=O) groups is 4. The molecule has 0 radical (unpaired) electrons. The number of nitrogens with two attached hydrogens (primary N) is 2. The number of nitrogens with zero attached hydrogens (tertiary/aromatic N) is 3. The number of carbonyl (C=O) groups excluding carboxylic acids is 4. The average molecular weight is 548 g/mol. The fourth-order valence-corrected chi connectivity index (χ4v) is 5.56. The highest BCUT2D eigenvalue weighted by Crippen LogP contribution is 2.57. The molecule has 10 nitrogen and oxygen atoms in total. The zero-order valence-electron chi connectivity index (χ0n) is 22.8. The van der Waals surface area contributed by atoms with Crippen molar-refractivity contribution in [3.8, 4) is 0 Å². The standard InChI is InChI=1S/C30H37N5O5/c1-2-24-27(30(24,20-37)14-16-36)40-35-19-26(38)34(18-22-10-5-3-6-11-22)25-13-12-21(17-23(25)28(35)39)9-7-4-8-15-33-29(31)32/h3,5-6,10-13,16-17,20,24,27H,2,4,7-9,14-15,18-19H2,1H3,(H4,31,32,33). The van der Waals surface area contributed by atoms with Gasteiger partial charge in [0.25, 0.3) is 5.91 Å². The number of benzene rings is 2. The molecule has 2 aromatic rings. The van der Waals surface area contributed by atoms with E-state index in [4.69, 9.17) is 16.3 Å². The molecule has 1 aliphatic heterocycles. The van der Waals surface area contributed by atoms with E-state index in [2.05, 4.69) is 4.99 Å². The summed E-state index contributed by atoms with van der Waals surface area (Å²) in [5, 5.41) is 1.08. The van der Waals surface area contributed by atoms with Gasteiger partial charge in [-0.15, -0.1) is 0 Å². The molecule has 1 heterocycles. The number of hydrogen-bond donors (Lipinski definition) is 2. The summed E-state index contributed by atoms with van der Waals surface area (Å²) < 4.78 is 0. The zero-order chi connectivity index (χ0) is 28.7. The van der Waals surface area contributed by atoms with E-state index in [1.165, 1.54) is 0 Å².